The molecule has 0 aromatic rings. The molecule has 11 heavy (non-hydrogen) atoms. The Kier molecular flexibility index (Phi) is 3.44. The van der Waals surface area contributed by atoms with Crippen LogP contribution in [0, 0.1) is 0 Å². The lowest BCUT2D eigenvalue weighted by atomic mass is 10.0. The van der Waals surface area contributed by atoms with Gasteiger partial charge >= 0.3 is 0 Å². The van der Waals surface area contributed by atoms with Gasteiger partial charge in [-0.15, -0.1) is 11.8 Å². The average molecular weight is 174 g/mol. The van der Waals surface area contributed by atoms with Crippen LogP contribution in [0.4, 0.5) is 4.39 Å². The van der Waals surface area contributed by atoms with Crippen LogP contribution in [0.1, 0.15) is 32.1 Å². The molecule has 64 valence electrons. The second-order valence-corrected chi connectivity index (χ2v) is 4.08. The van der Waals surface area contributed by atoms with E-state index >= 15 is 0 Å². The van der Waals surface area contributed by atoms with Crippen LogP contribution in [-0.2, 0) is 0 Å². The zero-order valence-corrected chi connectivity index (χ0v) is 7.79. The highest BCUT2D eigenvalue weighted by molar-refractivity contribution is 7.99. The van der Waals surface area contributed by atoms with Crippen molar-refractivity contribution in [1.82, 2.24) is 0 Å². The predicted octanol–water partition coefficient (Wildman–Crippen LogP) is 3.54. The number of allylic oxidation sites excluding steroid dienone is 1. The molecule has 2 heteroatoms. The molecule has 0 bridgehead atoms. The van der Waals surface area contributed by atoms with Gasteiger partial charge in [-0.25, -0.2) is 4.39 Å². The molecule has 0 heterocycles. The highest BCUT2D eigenvalue weighted by Crippen LogP contribution is 2.33. The molecule has 1 aliphatic rings. The Hall–Kier alpha value is 0.0200. The first-order valence-corrected chi connectivity index (χ1v) is 5.41. The summed E-state index contributed by atoms with van der Waals surface area (Å²) in [7, 11) is 0. The Balaban J connectivity index is 2.54. The van der Waals surface area contributed by atoms with E-state index in [0.29, 0.717) is 6.42 Å². The van der Waals surface area contributed by atoms with Gasteiger partial charge < -0.3 is 0 Å². The third-order valence-electron chi connectivity index (χ3n) is 2.09. The molecule has 0 aromatic carbocycles. The third kappa shape index (κ3) is 2.86. The summed E-state index contributed by atoms with van der Waals surface area (Å²) in [4.78, 5) is 0. The van der Waals surface area contributed by atoms with Gasteiger partial charge in [0.05, 0.1) is 0 Å². The van der Waals surface area contributed by atoms with E-state index in [4.69, 9.17) is 0 Å². The van der Waals surface area contributed by atoms with Gasteiger partial charge in [-0.2, -0.15) is 0 Å². The Labute approximate surface area is 72.3 Å². The largest absolute Gasteiger partial charge is 0.227 e. The Morgan fingerprint density at radius 2 is 2.18 bits per heavy atom. The number of rotatable bonds is 1. The highest BCUT2D eigenvalue weighted by Gasteiger charge is 2.24. The zero-order chi connectivity index (χ0) is 8.16. The Morgan fingerprint density at radius 3 is 2.91 bits per heavy atom. The summed E-state index contributed by atoms with van der Waals surface area (Å²) in [6.45, 7) is 0. The van der Waals surface area contributed by atoms with E-state index in [2.05, 4.69) is 0 Å². The topological polar surface area (TPSA) is 0 Å². The van der Waals surface area contributed by atoms with Gasteiger partial charge in [0.15, 0.2) is 5.00 Å². The van der Waals surface area contributed by atoms with Crippen molar-refractivity contribution in [1.29, 1.82) is 0 Å². The number of hydrogen-bond donors (Lipinski definition) is 0. The maximum absolute atomic E-state index is 13.6. The third-order valence-corrected chi connectivity index (χ3v) is 3.11. The van der Waals surface area contributed by atoms with Crippen LogP contribution in [0.25, 0.3) is 0 Å². The summed E-state index contributed by atoms with van der Waals surface area (Å²) in [6, 6.07) is 0. The second-order valence-electron chi connectivity index (χ2n) is 2.99. The van der Waals surface area contributed by atoms with Crippen molar-refractivity contribution < 1.29 is 4.39 Å². The van der Waals surface area contributed by atoms with Crippen LogP contribution in [0.15, 0.2) is 12.2 Å². The molecule has 1 unspecified atom stereocenters. The molecule has 1 rings (SSSR count). The van der Waals surface area contributed by atoms with E-state index in [1.54, 1.807) is 6.08 Å². The maximum atomic E-state index is 13.6. The van der Waals surface area contributed by atoms with Crippen LogP contribution in [-0.4, -0.2) is 11.3 Å². The molecule has 0 nitrogen and oxygen atoms in total. The van der Waals surface area contributed by atoms with Crippen molar-refractivity contribution in [2.75, 3.05) is 6.26 Å². The summed E-state index contributed by atoms with van der Waals surface area (Å²) in [5.41, 5.74) is 0. The summed E-state index contributed by atoms with van der Waals surface area (Å²) in [6.07, 6.45) is 10.7. The first-order chi connectivity index (χ1) is 5.27. The average Bonchev–Trinajstić information content (AvgIpc) is 1.98. The SMILES string of the molecule is CSC1(F)/C=C\CCCCC1. The smallest absolute Gasteiger partial charge is 0.174 e. The van der Waals surface area contributed by atoms with E-state index < -0.39 is 5.00 Å². The zero-order valence-electron chi connectivity index (χ0n) is 6.98. The molecular formula is C9H15FS. The van der Waals surface area contributed by atoms with E-state index in [9.17, 15) is 4.39 Å². The number of thioether (sulfide) groups is 1. The second kappa shape index (κ2) is 4.15. The molecule has 0 spiro atoms. The number of halogens is 1. The lowest BCUT2D eigenvalue weighted by Crippen LogP contribution is -2.14. The van der Waals surface area contributed by atoms with Crippen LogP contribution in [0.2, 0.25) is 0 Å². The van der Waals surface area contributed by atoms with Gasteiger partial charge in [0.2, 0.25) is 0 Å². The van der Waals surface area contributed by atoms with E-state index in [1.807, 2.05) is 12.3 Å². The summed E-state index contributed by atoms with van der Waals surface area (Å²) >= 11 is 1.32. The summed E-state index contributed by atoms with van der Waals surface area (Å²) < 4.78 is 13.6. The van der Waals surface area contributed by atoms with Gasteiger partial charge in [-0.1, -0.05) is 12.5 Å². The molecule has 0 amide bonds. The minimum absolute atomic E-state index is 0.685. The van der Waals surface area contributed by atoms with Crippen molar-refractivity contribution in [3.8, 4) is 0 Å². The van der Waals surface area contributed by atoms with Crippen molar-refractivity contribution in [3.05, 3.63) is 12.2 Å². The van der Waals surface area contributed by atoms with Crippen molar-refractivity contribution in [2.45, 2.75) is 37.1 Å². The van der Waals surface area contributed by atoms with Crippen molar-refractivity contribution in [3.63, 3.8) is 0 Å². The number of alkyl halides is 1. The van der Waals surface area contributed by atoms with Gasteiger partial charge in [0, 0.05) is 0 Å². The molecule has 0 fully saturated rings. The molecule has 1 atom stereocenters. The van der Waals surface area contributed by atoms with Gasteiger partial charge in [-0.05, 0) is 38.0 Å². The van der Waals surface area contributed by atoms with Gasteiger partial charge in [0.1, 0.15) is 0 Å². The Bertz CT molecular complexity index is 144. The summed E-state index contributed by atoms with van der Waals surface area (Å²) in [5.74, 6) is 0. The van der Waals surface area contributed by atoms with Gasteiger partial charge in [0.25, 0.3) is 0 Å². The highest BCUT2D eigenvalue weighted by atomic mass is 32.2. The fraction of sp³-hybridized carbons (Fsp3) is 0.778. The molecule has 0 N–H and O–H groups in total. The minimum Gasteiger partial charge on any atom is -0.227 e. The molecule has 0 radical (unpaired) electrons. The predicted molar refractivity (Wildman–Crippen MR) is 49.6 cm³/mol. The quantitative estimate of drug-likeness (QED) is 0.548. The first kappa shape index (κ1) is 9.11. The van der Waals surface area contributed by atoms with Crippen LogP contribution in [0.5, 0.6) is 0 Å². The van der Waals surface area contributed by atoms with Crippen molar-refractivity contribution in [2.24, 2.45) is 0 Å². The number of hydrogen-bond acceptors (Lipinski definition) is 1. The summed E-state index contributed by atoms with van der Waals surface area (Å²) in [5, 5.41) is -1.07. The van der Waals surface area contributed by atoms with E-state index in [1.165, 1.54) is 24.6 Å². The fourth-order valence-corrected chi connectivity index (χ4v) is 1.90. The molecule has 0 aromatic heterocycles. The van der Waals surface area contributed by atoms with Crippen LogP contribution < -0.4 is 0 Å². The molecular weight excluding hydrogens is 159 g/mol. The molecule has 0 saturated heterocycles. The molecule has 1 aliphatic carbocycles. The minimum atomic E-state index is -1.07. The fourth-order valence-electron chi connectivity index (χ4n) is 1.32. The van der Waals surface area contributed by atoms with E-state index in [-0.39, 0.29) is 0 Å². The van der Waals surface area contributed by atoms with Crippen LogP contribution in [0.3, 0.4) is 0 Å². The standard InChI is InChI=1S/C9H15FS/c1-11-9(10)7-5-3-2-4-6-8-9/h5,7H,2-4,6,8H2,1H3/b7-5-. The normalized spacial score (nSPS) is 35.8. The first-order valence-electron chi connectivity index (χ1n) is 4.19. The van der Waals surface area contributed by atoms with E-state index in [0.717, 1.165) is 12.8 Å². The Morgan fingerprint density at radius 1 is 1.36 bits per heavy atom. The molecule has 0 saturated carbocycles. The maximum Gasteiger partial charge on any atom is 0.174 e. The van der Waals surface area contributed by atoms with Crippen molar-refractivity contribution >= 4 is 11.8 Å². The monoisotopic (exact) mass is 174 g/mol. The molecule has 0 aliphatic heterocycles. The lowest BCUT2D eigenvalue weighted by molar-refractivity contribution is 0.321. The lowest BCUT2D eigenvalue weighted by Gasteiger charge is -2.20. The van der Waals surface area contributed by atoms with Crippen LogP contribution >= 0.6 is 11.8 Å². The van der Waals surface area contributed by atoms with Gasteiger partial charge in [-0.3, -0.25) is 0 Å².